The Morgan fingerprint density at radius 1 is 1.09 bits per heavy atom. The molecule has 0 radical (unpaired) electrons. The highest BCUT2D eigenvalue weighted by atomic mass is 16.7. The van der Waals surface area contributed by atoms with Gasteiger partial charge in [0.1, 0.15) is 0 Å². The molecule has 7 nitrogen and oxygen atoms in total. The van der Waals surface area contributed by atoms with Gasteiger partial charge < -0.3 is 19.7 Å². The maximum atomic E-state index is 12.8. The first-order chi connectivity index (χ1) is 15.7. The number of amides is 1. The van der Waals surface area contributed by atoms with Crippen LogP contribution in [0.1, 0.15) is 24.0 Å². The molecule has 164 valence electrons. The molecule has 2 aromatic carbocycles. The topological polar surface area (TPSA) is 76.6 Å². The minimum Gasteiger partial charge on any atom is -0.454 e. The summed E-state index contributed by atoms with van der Waals surface area (Å²) in [6.07, 6.45) is 1.82. The monoisotopic (exact) mass is 430 g/mol. The second-order valence-electron chi connectivity index (χ2n) is 8.34. The number of aryl methyl sites for hydroxylation is 1. The molecule has 1 atom stereocenters. The zero-order chi connectivity index (χ0) is 21.9. The molecule has 5 rings (SSSR count). The number of hydrogen-bond donors (Lipinski definition) is 1. The van der Waals surface area contributed by atoms with Gasteiger partial charge >= 0.3 is 0 Å². The van der Waals surface area contributed by atoms with Crippen molar-refractivity contribution in [3.8, 4) is 22.8 Å². The van der Waals surface area contributed by atoms with Gasteiger partial charge in [0, 0.05) is 25.2 Å². The van der Waals surface area contributed by atoms with Crippen molar-refractivity contribution in [2.24, 2.45) is 5.92 Å². The van der Waals surface area contributed by atoms with Crippen molar-refractivity contribution >= 4 is 11.7 Å². The second-order valence-corrected chi connectivity index (χ2v) is 8.34. The molecule has 2 aliphatic heterocycles. The van der Waals surface area contributed by atoms with E-state index in [9.17, 15) is 4.79 Å². The summed E-state index contributed by atoms with van der Waals surface area (Å²) in [4.78, 5) is 15.0. The highest BCUT2D eigenvalue weighted by molar-refractivity contribution is 5.79. The fourth-order valence-corrected chi connectivity index (χ4v) is 4.24. The third-order valence-corrected chi connectivity index (χ3v) is 5.98. The number of aromatic nitrogens is 2. The average molecular weight is 431 g/mol. The Kier molecular flexibility index (Phi) is 5.62. The van der Waals surface area contributed by atoms with Gasteiger partial charge in [0.25, 0.3) is 0 Å². The lowest BCUT2D eigenvalue weighted by Crippen LogP contribution is -2.43. The molecule has 2 aliphatic rings. The first-order valence-corrected chi connectivity index (χ1v) is 11.0. The van der Waals surface area contributed by atoms with Crippen molar-refractivity contribution in [3.05, 3.63) is 65.7 Å². The molecule has 1 aromatic heterocycles. The molecule has 32 heavy (non-hydrogen) atoms. The summed E-state index contributed by atoms with van der Waals surface area (Å²) in [7, 11) is 0. The van der Waals surface area contributed by atoms with Crippen LogP contribution in [0.25, 0.3) is 11.3 Å². The molecular weight excluding hydrogens is 404 g/mol. The van der Waals surface area contributed by atoms with Gasteiger partial charge in [0.05, 0.1) is 11.6 Å². The molecule has 1 unspecified atom stereocenters. The summed E-state index contributed by atoms with van der Waals surface area (Å²) in [6.45, 7) is 4.31. The molecule has 0 bridgehead atoms. The Labute approximate surface area is 187 Å². The predicted molar refractivity (Wildman–Crippen MR) is 122 cm³/mol. The van der Waals surface area contributed by atoms with Gasteiger partial charge in [-0.25, -0.2) is 0 Å². The number of anilines is 1. The van der Waals surface area contributed by atoms with E-state index in [1.165, 1.54) is 5.56 Å². The van der Waals surface area contributed by atoms with Crippen molar-refractivity contribution in [3.63, 3.8) is 0 Å². The molecule has 1 N–H and O–H groups in total. The zero-order valence-corrected chi connectivity index (χ0v) is 18.1. The number of hydrogen-bond acceptors (Lipinski definition) is 6. The molecule has 1 saturated heterocycles. The Bertz CT molecular complexity index is 1120. The van der Waals surface area contributed by atoms with Gasteiger partial charge in [-0.1, -0.05) is 29.8 Å². The number of fused-ring (bicyclic) bond motifs is 1. The fraction of sp³-hybridized carbons (Fsp3) is 0.320. The summed E-state index contributed by atoms with van der Waals surface area (Å²) >= 11 is 0. The lowest BCUT2D eigenvalue weighted by atomic mass is 9.97. The van der Waals surface area contributed by atoms with E-state index in [0.717, 1.165) is 53.5 Å². The molecule has 1 fully saturated rings. The molecule has 7 heteroatoms. The lowest BCUT2D eigenvalue weighted by molar-refractivity contribution is -0.125. The number of ether oxygens (including phenoxy) is 2. The SMILES string of the molecule is Cc1cccc(-c2ccc(N3CCCC(C(=O)NCc4ccc5c(c4)OCO5)C3)nn2)c1. The van der Waals surface area contributed by atoms with Gasteiger partial charge in [-0.2, -0.15) is 0 Å². The quantitative estimate of drug-likeness (QED) is 0.665. The highest BCUT2D eigenvalue weighted by Gasteiger charge is 2.26. The zero-order valence-electron chi connectivity index (χ0n) is 18.1. The third-order valence-electron chi connectivity index (χ3n) is 5.98. The fourth-order valence-electron chi connectivity index (χ4n) is 4.24. The lowest BCUT2D eigenvalue weighted by Gasteiger charge is -2.32. The van der Waals surface area contributed by atoms with Crippen LogP contribution in [-0.4, -0.2) is 36.0 Å². The van der Waals surface area contributed by atoms with Gasteiger partial charge in [-0.15, -0.1) is 10.2 Å². The van der Waals surface area contributed by atoms with Crippen molar-refractivity contribution in [2.75, 3.05) is 24.8 Å². The largest absolute Gasteiger partial charge is 0.454 e. The van der Waals surface area contributed by atoms with Crippen LogP contribution in [0.5, 0.6) is 11.5 Å². The molecular formula is C25H26N4O3. The number of piperidine rings is 1. The van der Waals surface area contributed by atoms with E-state index in [0.29, 0.717) is 13.1 Å². The molecule has 3 heterocycles. The van der Waals surface area contributed by atoms with Crippen molar-refractivity contribution in [2.45, 2.75) is 26.3 Å². The van der Waals surface area contributed by atoms with Gasteiger partial charge in [0.2, 0.25) is 12.7 Å². The van der Waals surface area contributed by atoms with Crippen LogP contribution in [0.15, 0.2) is 54.6 Å². The normalized spacial score (nSPS) is 17.3. The molecule has 3 aromatic rings. The second kappa shape index (κ2) is 8.86. The summed E-state index contributed by atoms with van der Waals surface area (Å²) < 4.78 is 10.8. The smallest absolute Gasteiger partial charge is 0.231 e. The Balaban J connectivity index is 1.20. The van der Waals surface area contributed by atoms with Crippen molar-refractivity contribution < 1.29 is 14.3 Å². The van der Waals surface area contributed by atoms with Crippen LogP contribution in [0, 0.1) is 12.8 Å². The Hall–Kier alpha value is -3.61. The number of carbonyl (C=O) groups excluding carboxylic acids is 1. The molecule has 1 amide bonds. The maximum absolute atomic E-state index is 12.8. The van der Waals surface area contributed by atoms with Crippen LogP contribution in [0.3, 0.4) is 0 Å². The first kappa shape index (κ1) is 20.3. The van der Waals surface area contributed by atoms with Gasteiger partial charge in [0.15, 0.2) is 17.3 Å². The molecule has 0 aliphatic carbocycles. The molecule has 0 spiro atoms. The highest BCUT2D eigenvalue weighted by Crippen LogP contribution is 2.32. The summed E-state index contributed by atoms with van der Waals surface area (Å²) in [5.41, 5.74) is 4.10. The standard InChI is InChI=1S/C25H26N4O3/c1-17-4-2-5-19(12-17)21-8-10-24(28-27-21)29-11-3-6-20(15-29)25(30)26-14-18-7-9-22-23(13-18)32-16-31-22/h2,4-5,7-10,12-13,20H,3,6,11,14-16H2,1H3,(H,26,30). The number of nitrogens with one attached hydrogen (secondary N) is 1. The van der Waals surface area contributed by atoms with Crippen LogP contribution in [-0.2, 0) is 11.3 Å². The van der Waals surface area contributed by atoms with Crippen LogP contribution >= 0.6 is 0 Å². The Morgan fingerprint density at radius 3 is 2.84 bits per heavy atom. The van der Waals surface area contributed by atoms with E-state index in [1.807, 2.05) is 42.5 Å². The third kappa shape index (κ3) is 4.37. The summed E-state index contributed by atoms with van der Waals surface area (Å²) in [5, 5.41) is 11.9. The summed E-state index contributed by atoms with van der Waals surface area (Å²) in [5.74, 6) is 2.29. The van der Waals surface area contributed by atoms with Gasteiger partial charge in [-0.05, 0) is 55.7 Å². The minimum absolute atomic E-state index is 0.0664. The number of nitrogens with zero attached hydrogens (tertiary/aromatic N) is 3. The number of benzene rings is 2. The van der Waals surface area contributed by atoms with E-state index < -0.39 is 0 Å². The van der Waals surface area contributed by atoms with Crippen molar-refractivity contribution in [1.82, 2.24) is 15.5 Å². The van der Waals surface area contributed by atoms with Crippen LogP contribution < -0.4 is 19.7 Å². The maximum Gasteiger partial charge on any atom is 0.231 e. The van der Waals surface area contributed by atoms with E-state index in [-0.39, 0.29) is 18.6 Å². The minimum atomic E-state index is -0.0731. The van der Waals surface area contributed by atoms with E-state index in [4.69, 9.17) is 9.47 Å². The number of carbonyl (C=O) groups is 1. The van der Waals surface area contributed by atoms with E-state index >= 15 is 0 Å². The van der Waals surface area contributed by atoms with E-state index in [2.05, 4.69) is 39.5 Å². The predicted octanol–water partition coefficient (Wildman–Crippen LogP) is 3.71. The number of rotatable bonds is 5. The first-order valence-electron chi connectivity index (χ1n) is 11.0. The van der Waals surface area contributed by atoms with Gasteiger partial charge in [-0.3, -0.25) is 4.79 Å². The van der Waals surface area contributed by atoms with Crippen LogP contribution in [0.4, 0.5) is 5.82 Å². The van der Waals surface area contributed by atoms with Crippen molar-refractivity contribution in [1.29, 1.82) is 0 Å². The Morgan fingerprint density at radius 2 is 2.00 bits per heavy atom. The van der Waals surface area contributed by atoms with E-state index in [1.54, 1.807) is 0 Å². The molecule has 0 saturated carbocycles. The summed E-state index contributed by atoms with van der Waals surface area (Å²) in [6, 6.07) is 18.0. The average Bonchev–Trinajstić information content (AvgIpc) is 3.31. The van der Waals surface area contributed by atoms with Crippen LogP contribution in [0.2, 0.25) is 0 Å².